The largest absolute Gasteiger partial charge is 0.466 e. The van der Waals surface area contributed by atoms with Crippen LogP contribution in [0.15, 0.2) is 54.6 Å². The second kappa shape index (κ2) is 8.13. The lowest BCUT2D eigenvalue weighted by molar-refractivity contribution is -0.145. The second-order valence-electron chi connectivity index (χ2n) is 5.08. The molecule has 0 N–H and O–H groups in total. The molecule has 0 amide bonds. The number of rotatable bonds is 7. The molecule has 0 saturated heterocycles. The van der Waals surface area contributed by atoms with Crippen molar-refractivity contribution in [2.75, 3.05) is 6.61 Å². The van der Waals surface area contributed by atoms with Crippen molar-refractivity contribution in [3.8, 4) is 11.1 Å². The van der Waals surface area contributed by atoms with Crippen LogP contribution in [0.5, 0.6) is 0 Å². The van der Waals surface area contributed by atoms with Crippen molar-refractivity contribution >= 4 is 11.8 Å². The number of esters is 1. The van der Waals surface area contributed by atoms with Crippen LogP contribution in [-0.2, 0) is 20.7 Å². The van der Waals surface area contributed by atoms with Gasteiger partial charge >= 0.3 is 5.97 Å². The molecule has 0 heterocycles. The molecule has 0 unspecified atom stereocenters. The van der Waals surface area contributed by atoms with Crippen molar-refractivity contribution < 1.29 is 14.3 Å². The Balaban J connectivity index is 1.87. The van der Waals surface area contributed by atoms with Crippen LogP contribution in [0.1, 0.15) is 25.3 Å². The number of carbonyl (C=O) groups excluding carboxylic acids is 2. The van der Waals surface area contributed by atoms with Gasteiger partial charge in [0.1, 0.15) is 12.2 Å². The quantitative estimate of drug-likeness (QED) is 0.576. The summed E-state index contributed by atoms with van der Waals surface area (Å²) in [6.45, 7) is 2.05. The third-order valence-electron chi connectivity index (χ3n) is 3.40. The highest BCUT2D eigenvalue weighted by Gasteiger charge is 2.10. The van der Waals surface area contributed by atoms with E-state index >= 15 is 0 Å². The minimum atomic E-state index is -0.438. The minimum absolute atomic E-state index is 0.0782. The highest BCUT2D eigenvalue weighted by Crippen LogP contribution is 2.19. The van der Waals surface area contributed by atoms with Crippen LogP contribution < -0.4 is 0 Å². The number of Topliss-reactive ketones (excluding diaryl/α,β-unsaturated/α-hetero) is 1. The van der Waals surface area contributed by atoms with Gasteiger partial charge in [-0.25, -0.2) is 0 Å². The van der Waals surface area contributed by atoms with Gasteiger partial charge in [0.2, 0.25) is 0 Å². The maximum atomic E-state index is 11.7. The fourth-order valence-corrected chi connectivity index (χ4v) is 2.24. The number of carbonyl (C=O) groups is 2. The molecule has 0 aliphatic carbocycles. The first-order valence-electron chi connectivity index (χ1n) is 7.50. The fraction of sp³-hybridized carbons (Fsp3) is 0.263. The Bertz CT molecular complexity index is 615. The van der Waals surface area contributed by atoms with Crippen molar-refractivity contribution in [3.05, 3.63) is 60.2 Å². The van der Waals surface area contributed by atoms with Gasteiger partial charge in [-0.3, -0.25) is 9.59 Å². The minimum Gasteiger partial charge on any atom is -0.466 e. The van der Waals surface area contributed by atoms with E-state index in [2.05, 4.69) is 24.3 Å². The molecule has 22 heavy (non-hydrogen) atoms. The third kappa shape index (κ3) is 4.85. The van der Waals surface area contributed by atoms with Gasteiger partial charge in [0.25, 0.3) is 0 Å². The van der Waals surface area contributed by atoms with E-state index in [0.29, 0.717) is 19.4 Å². The predicted octanol–water partition coefficient (Wildman–Crippen LogP) is 3.81. The van der Waals surface area contributed by atoms with E-state index in [4.69, 9.17) is 4.74 Å². The summed E-state index contributed by atoms with van der Waals surface area (Å²) in [6.07, 6.45) is 0.882. The van der Waals surface area contributed by atoms with Crippen LogP contribution in [0.25, 0.3) is 11.1 Å². The van der Waals surface area contributed by atoms with Gasteiger partial charge in [-0.05, 0) is 30.0 Å². The first-order valence-corrected chi connectivity index (χ1v) is 7.50. The molecule has 2 rings (SSSR count). The molecule has 0 spiro atoms. The molecule has 2 aromatic rings. The fourth-order valence-electron chi connectivity index (χ4n) is 2.24. The molecular weight excluding hydrogens is 276 g/mol. The normalized spacial score (nSPS) is 10.2. The molecule has 0 fully saturated rings. The zero-order valence-corrected chi connectivity index (χ0v) is 12.7. The van der Waals surface area contributed by atoms with Gasteiger partial charge in [0.05, 0.1) is 6.61 Å². The lowest BCUT2D eigenvalue weighted by Crippen LogP contribution is -2.11. The molecule has 3 nitrogen and oxygen atoms in total. The van der Waals surface area contributed by atoms with Crippen LogP contribution in [0.3, 0.4) is 0 Å². The number of ketones is 1. The summed E-state index contributed by atoms with van der Waals surface area (Å²) in [6, 6.07) is 18.3. The molecule has 0 saturated carbocycles. The first kappa shape index (κ1) is 16.0. The smallest absolute Gasteiger partial charge is 0.313 e. The lowest BCUT2D eigenvalue weighted by atomic mass is 10.0. The van der Waals surface area contributed by atoms with Gasteiger partial charge in [0, 0.05) is 6.42 Å². The molecule has 0 aromatic heterocycles. The number of ether oxygens (including phenoxy) is 1. The van der Waals surface area contributed by atoms with E-state index < -0.39 is 5.97 Å². The number of benzene rings is 2. The lowest BCUT2D eigenvalue weighted by Gasteiger charge is -2.05. The van der Waals surface area contributed by atoms with E-state index in [1.54, 1.807) is 6.92 Å². The maximum Gasteiger partial charge on any atom is 0.313 e. The highest BCUT2D eigenvalue weighted by molar-refractivity contribution is 5.95. The van der Waals surface area contributed by atoms with Crippen molar-refractivity contribution in [3.63, 3.8) is 0 Å². The molecule has 3 heteroatoms. The number of aryl methyl sites for hydroxylation is 1. The Kier molecular flexibility index (Phi) is 5.90. The summed E-state index contributed by atoms with van der Waals surface area (Å²) in [4.78, 5) is 22.9. The monoisotopic (exact) mass is 296 g/mol. The summed E-state index contributed by atoms with van der Waals surface area (Å²) >= 11 is 0. The number of hydrogen-bond donors (Lipinski definition) is 0. The molecule has 0 radical (unpaired) electrons. The third-order valence-corrected chi connectivity index (χ3v) is 3.40. The molecular formula is C19H20O3. The topological polar surface area (TPSA) is 43.4 Å². The zero-order valence-electron chi connectivity index (χ0n) is 12.7. The first-order chi connectivity index (χ1) is 10.7. The molecule has 114 valence electrons. The Morgan fingerprint density at radius 1 is 0.909 bits per heavy atom. The summed E-state index contributed by atoms with van der Waals surface area (Å²) in [5, 5.41) is 0. The van der Waals surface area contributed by atoms with Crippen LogP contribution >= 0.6 is 0 Å². The predicted molar refractivity (Wildman–Crippen MR) is 86.5 cm³/mol. The summed E-state index contributed by atoms with van der Waals surface area (Å²) < 4.78 is 4.77. The summed E-state index contributed by atoms with van der Waals surface area (Å²) in [5.41, 5.74) is 3.42. The van der Waals surface area contributed by atoms with Crippen molar-refractivity contribution in [2.24, 2.45) is 0 Å². The van der Waals surface area contributed by atoms with E-state index in [0.717, 1.165) is 11.1 Å². The van der Waals surface area contributed by atoms with Crippen molar-refractivity contribution in [2.45, 2.75) is 26.2 Å². The van der Waals surface area contributed by atoms with E-state index in [9.17, 15) is 9.59 Å². The molecule has 0 atom stereocenters. The van der Waals surface area contributed by atoms with Crippen LogP contribution in [-0.4, -0.2) is 18.4 Å². The molecule has 0 aliphatic heterocycles. The standard InChI is InChI=1S/C19H20O3/c1-2-22-19(21)14-18(20)13-10-15-8-11-17(12-9-15)16-6-4-3-5-7-16/h3-9,11-12H,2,10,13-14H2,1H3. The van der Waals surface area contributed by atoms with E-state index in [1.165, 1.54) is 5.56 Å². The average Bonchev–Trinajstić information content (AvgIpc) is 2.54. The Morgan fingerprint density at radius 2 is 1.55 bits per heavy atom. The summed E-state index contributed by atoms with van der Waals surface area (Å²) in [5.74, 6) is -0.516. The van der Waals surface area contributed by atoms with Crippen LogP contribution in [0.2, 0.25) is 0 Å². The van der Waals surface area contributed by atoms with E-state index in [-0.39, 0.29) is 12.2 Å². The van der Waals surface area contributed by atoms with Gasteiger partial charge < -0.3 is 4.74 Å². The number of hydrogen-bond acceptors (Lipinski definition) is 3. The Labute approximate surface area is 130 Å². The SMILES string of the molecule is CCOC(=O)CC(=O)CCc1ccc(-c2ccccc2)cc1. The highest BCUT2D eigenvalue weighted by atomic mass is 16.5. The zero-order chi connectivity index (χ0) is 15.8. The molecule has 0 aliphatic rings. The summed E-state index contributed by atoms with van der Waals surface area (Å²) in [7, 11) is 0. The Morgan fingerprint density at radius 3 is 2.18 bits per heavy atom. The van der Waals surface area contributed by atoms with Crippen LogP contribution in [0, 0.1) is 0 Å². The van der Waals surface area contributed by atoms with Gasteiger partial charge in [-0.2, -0.15) is 0 Å². The molecule has 2 aromatic carbocycles. The van der Waals surface area contributed by atoms with Crippen LogP contribution in [0.4, 0.5) is 0 Å². The van der Waals surface area contributed by atoms with Crippen molar-refractivity contribution in [1.29, 1.82) is 0 Å². The second-order valence-corrected chi connectivity index (χ2v) is 5.08. The van der Waals surface area contributed by atoms with E-state index in [1.807, 2.05) is 30.3 Å². The van der Waals surface area contributed by atoms with Gasteiger partial charge in [-0.15, -0.1) is 0 Å². The molecule has 0 bridgehead atoms. The Hall–Kier alpha value is -2.42. The van der Waals surface area contributed by atoms with Crippen molar-refractivity contribution in [1.82, 2.24) is 0 Å². The van der Waals surface area contributed by atoms with Gasteiger partial charge in [0.15, 0.2) is 0 Å². The average molecular weight is 296 g/mol. The maximum absolute atomic E-state index is 11.7. The van der Waals surface area contributed by atoms with Gasteiger partial charge in [-0.1, -0.05) is 54.6 Å².